The molecule has 0 heterocycles. The average Bonchev–Trinajstić information content (AvgIpc) is 2.51. The van der Waals surface area contributed by atoms with Crippen LogP contribution in [0.1, 0.15) is 11.1 Å². The number of phenols is 2. The maximum atomic E-state index is 11.8. The third kappa shape index (κ3) is 4.41. The third-order valence-corrected chi connectivity index (χ3v) is 3.30. The van der Waals surface area contributed by atoms with Gasteiger partial charge in [0.15, 0.2) is 11.5 Å². The van der Waals surface area contributed by atoms with Gasteiger partial charge in [-0.15, -0.1) is 0 Å². The molecule has 0 aromatic heterocycles. The van der Waals surface area contributed by atoms with Crippen LogP contribution in [0.15, 0.2) is 42.5 Å². The first-order chi connectivity index (χ1) is 10.6. The molecule has 1 amide bonds. The summed E-state index contributed by atoms with van der Waals surface area (Å²) in [7, 11) is 1.62. The van der Waals surface area contributed by atoms with Crippen molar-refractivity contribution >= 4 is 5.91 Å². The van der Waals surface area contributed by atoms with Crippen LogP contribution in [0.2, 0.25) is 0 Å². The minimum Gasteiger partial charge on any atom is -0.504 e. The zero-order valence-electron chi connectivity index (χ0n) is 12.4. The molecule has 0 aliphatic rings. The van der Waals surface area contributed by atoms with E-state index < -0.39 is 0 Å². The molecule has 2 aromatic carbocycles. The molecule has 3 N–H and O–H groups in total. The monoisotopic (exact) mass is 301 g/mol. The number of hydrogen-bond donors (Lipinski definition) is 3. The van der Waals surface area contributed by atoms with Crippen LogP contribution in [0.4, 0.5) is 0 Å². The number of aromatic hydroxyl groups is 2. The molecule has 2 aromatic rings. The molecule has 2 rings (SSSR count). The van der Waals surface area contributed by atoms with Gasteiger partial charge in [0.05, 0.1) is 13.5 Å². The molecule has 5 nitrogen and oxygen atoms in total. The first-order valence-corrected chi connectivity index (χ1v) is 6.99. The van der Waals surface area contributed by atoms with Crippen molar-refractivity contribution in [2.75, 3.05) is 13.7 Å². The quantitative estimate of drug-likeness (QED) is 0.713. The van der Waals surface area contributed by atoms with Gasteiger partial charge in [0.25, 0.3) is 0 Å². The topological polar surface area (TPSA) is 78.8 Å². The Labute approximate surface area is 129 Å². The highest BCUT2D eigenvalue weighted by atomic mass is 16.5. The smallest absolute Gasteiger partial charge is 0.224 e. The molecule has 0 spiro atoms. The van der Waals surface area contributed by atoms with Gasteiger partial charge in [-0.1, -0.05) is 18.2 Å². The van der Waals surface area contributed by atoms with E-state index in [0.717, 1.165) is 17.7 Å². The zero-order valence-corrected chi connectivity index (χ0v) is 12.4. The van der Waals surface area contributed by atoms with Gasteiger partial charge in [-0.05, 0) is 41.8 Å². The molecular formula is C17H19NO4. The van der Waals surface area contributed by atoms with Gasteiger partial charge in [-0.25, -0.2) is 0 Å². The van der Waals surface area contributed by atoms with E-state index in [0.29, 0.717) is 12.1 Å². The molecule has 0 saturated carbocycles. The largest absolute Gasteiger partial charge is 0.504 e. The molecule has 0 aliphatic carbocycles. The highest BCUT2D eigenvalue weighted by Crippen LogP contribution is 2.24. The van der Waals surface area contributed by atoms with E-state index in [1.54, 1.807) is 13.2 Å². The first-order valence-electron chi connectivity index (χ1n) is 6.99. The van der Waals surface area contributed by atoms with Crippen molar-refractivity contribution in [2.24, 2.45) is 0 Å². The lowest BCUT2D eigenvalue weighted by molar-refractivity contribution is -0.120. The van der Waals surface area contributed by atoms with Gasteiger partial charge >= 0.3 is 0 Å². The second kappa shape index (κ2) is 7.36. The fraction of sp³-hybridized carbons (Fsp3) is 0.235. The van der Waals surface area contributed by atoms with Crippen LogP contribution in [0, 0.1) is 0 Å². The Bertz CT molecular complexity index is 638. The molecular weight excluding hydrogens is 282 g/mol. The predicted octanol–water partition coefficient (Wildman–Crippen LogP) is 2.01. The van der Waals surface area contributed by atoms with Crippen LogP contribution in [0.3, 0.4) is 0 Å². The Hall–Kier alpha value is -2.69. The second-order valence-electron chi connectivity index (χ2n) is 4.95. The molecule has 0 aliphatic heterocycles. The van der Waals surface area contributed by atoms with Crippen LogP contribution in [-0.4, -0.2) is 29.8 Å². The van der Waals surface area contributed by atoms with E-state index in [4.69, 9.17) is 4.74 Å². The second-order valence-corrected chi connectivity index (χ2v) is 4.95. The van der Waals surface area contributed by atoms with E-state index >= 15 is 0 Å². The standard InChI is InChI=1S/C17H19NO4/c1-22-14-5-2-12(3-6-14)8-9-18-17(21)11-13-4-7-15(19)16(20)10-13/h2-7,10,19-20H,8-9,11H2,1H3,(H,18,21). The number of carbonyl (C=O) groups is 1. The molecule has 0 unspecified atom stereocenters. The van der Waals surface area contributed by atoms with Crippen molar-refractivity contribution in [3.63, 3.8) is 0 Å². The van der Waals surface area contributed by atoms with Gasteiger partial charge in [-0.2, -0.15) is 0 Å². The predicted molar refractivity (Wildman–Crippen MR) is 83.2 cm³/mol. The van der Waals surface area contributed by atoms with Crippen LogP contribution in [0.5, 0.6) is 17.2 Å². The van der Waals surface area contributed by atoms with Gasteiger partial charge < -0.3 is 20.3 Å². The minimum atomic E-state index is -0.219. The lowest BCUT2D eigenvalue weighted by Gasteiger charge is -2.07. The maximum absolute atomic E-state index is 11.8. The summed E-state index contributed by atoms with van der Waals surface area (Å²) < 4.78 is 5.09. The molecule has 0 saturated heterocycles. The number of nitrogens with one attached hydrogen (secondary N) is 1. The number of methoxy groups -OCH3 is 1. The summed E-state index contributed by atoms with van der Waals surface area (Å²) in [6.45, 7) is 0.537. The Balaban J connectivity index is 1.78. The average molecular weight is 301 g/mol. The molecule has 0 radical (unpaired) electrons. The summed E-state index contributed by atoms with van der Waals surface area (Å²) in [5, 5.41) is 21.4. The van der Waals surface area contributed by atoms with Crippen molar-refractivity contribution in [3.8, 4) is 17.2 Å². The van der Waals surface area contributed by atoms with E-state index in [9.17, 15) is 15.0 Å². The van der Waals surface area contributed by atoms with Gasteiger partial charge in [0.2, 0.25) is 5.91 Å². The van der Waals surface area contributed by atoms with E-state index in [2.05, 4.69) is 5.32 Å². The lowest BCUT2D eigenvalue weighted by Crippen LogP contribution is -2.27. The van der Waals surface area contributed by atoms with Gasteiger partial charge in [0, 0.05) is 6.54 Å². The number of phenolic OH excluding ortho intramolecular Hbond substituents is 2. The minimum absolute atomic E-state index is 0.126. The zero-order chi connectivity index (χ0) is 15.9. The fourth-order valence-corrected chi connectivity index (χ4v) is 2.07. The summed E-state index contributed by atoms with van der Waals surface area (Å²) >= 11 is 0. The molecule has 0 atom stereocenters. The van der Waals surface area contributed by atoms with Crippen LogP contribution in [0.25, 0.3) is 0 Å². The Morgan fingerprint density at radius 3 is 2.36 bits per heavy atom. The van der Waals surface area contributed by atoms with Crippen molar-refractivity contribution < 1.29 is 19.7 Å². The number of carbonyl (C=O) groups excluding carboxylic acids is 1. The fourth-order valence-electron chi connectivity index (χ4n) is 2.07. The summed E-state index contributed by atoms with van der Waals surface area (Å²) in [6.07, 6.45) is 0.896. The number of ether oxygens (including phenoxy) is 1. The highest BCUT2D eigenvalue weighted by Gasteiger charge is 2.06. The SMILES string of the molecule is COc1ccc(CCNC(=O)Cc2ccc(O)c(O)c2)cc1. The Morgan fingerprint density at radius 2 is 1.73 bits per heavy atom. The highest BCUT2D eigenvalue weighted by molar-refractivity contribution is 5.78. The first kappa shape index (κ1) is 15.7. The third-order valence-electron chi connectivity index (χ3n) is 3.30. The van der Waals surface area contributed by atoms with Crippen molar-refractivity contribution in [1.29, 1.82) is 0 Å². The number of hydrogen-bond acceptors (Lipinski definition) is 4. The number of amides is 1. The summed E-state index contributed by atoms with van der Waals surface area (Å²) in [4.78, 5) is 11.8. The van der Waals surface area contributed by atoms with E-state index in [1.165, 1.54) is 12.1 Å². The number of rotatable bonds is 6. The summed E-state index contributed by atoms with van der Waals surface area (Å²) in [6, 6.07) is 12.1. The lowest BCUT2D eigenvalue weighted by atomic mass is 10.1. The van der Waals surface area contributed by atoms with E-state index in [1.807, 2.05) is 24.3 Å². The normalized spacial score (nSPS) is 10.2. The van der Waals surface area contributed by atoms with Crippen molar-refractivity contribution in [3.05, 3.63) is 53.6 Å². The van der Waals surface area contributed by atoms with Crippen LogP contribution >= 0.6 is 0 Å². The maximum Gasteiger partial charge on any atom is 0.224 e. The van der Waals surface area contributed by atoms with Gasteiger partial charge in [-0.3, -0.25) is 4.79 Å². The summed E-state index contributed by atoms with van der Waals surface area (Å²) in [5.41, 5.74) is 1.76. The molecule has 116 valence electrons. The Morgan fingerprint density at radius 1 is 1.05 bits per heavy atom. The molecule has 0 fully saturated rings. The van der Waals surface area contributed by atoms with E-state index in [-0.39, 0.29) is 23.8 Å². The van der Waals surface area contributed by atoms with Crippen LogP contribution in [-0.2, 0) is 17.6 Å². The molecule has 22 heavy (non-hydrogen) atoms. The molecule has 0 bridgehead atoms. The van der Waals surface area contributed by atoms with Gasteiger partial charge in [0.1, 0.15) is 5.75 Å². The molecule has 5 heteroatoms. The van der Waals surface area contributed by atoms with Crippen molar-refractivity contribution in [1.82, 2.24) is 5.32 Å². The van der Waals surface area contributed by atoms with Crippen molar-refractivity contribution in [2.45, 2.75) is 12.8 Å². The number of benzene rings is 2. The van der Waals surface area contributed by atoms with Crippen LogP contribution < -0.4 is 10.1 Å². The summed E-state index contributed by atoms with van der Waals surface area (Å²) in [5.74, 6) is 0.269. The Kier molecular flexibility index (Phi) is 5.25.